The molecule has 3 rings (SSSR count). The molecule has 0 spiro atoms. The Labute approximate surface area is 181 Å². The Hall–Kier alpha value is -2.41. The fraction of sp³-hybridized carbons (Fsp3) is 0.261. The van der Waals surface area contributed by atoms with Gasteiger partial charge in [0.1, 0.15) is 5.69 Å². The van der Waals surface area contributed by atoms with Gasteiger partial charge in [0.05, 0.1) is 12.0 Å². The average molecular weight is 481 g/mol. The number of hydrogen-bond acceptors (Lipinski definition) is 1. The van der Waals surface area contributed by atoms with E-state index in [0.29, 0.717) is 12.1 Å². The topological polar surface area (TPSA) is 17.8 Å². The van der Waals surface area contributed by atoms with Crippen LogP contribution in [0.5, 0.6) is 0 Å². The first-order valence-electron chi connectivity index (χ1n) is 9.31. The molecule has 0 aliphatic rings. The number of benzene rings is 2. The van der Waals surface area contributed by atoms with Crippen LogP contribution in [0, 0.1) is 6.92 Å². The number of alkyl halides is 3. The van der Waals surface area contributed by atoms with Crippen molar-refractivity contribution in [1.29, 1.82) is 0 Å². The summed E-state index contributed by atoms with van der Waals surface area (Å²) in [6.45, 7) is 4.59. The van der Waals surface area contributed by atoms with Crippen molar-refractivity contribution in [3.8, 4) is 0 Å². The molecule has 0 fully saturated rings. The predicted octanol–water partition coefficient (Wildman–Crippen LogP) is 7.31. The second-order valence-corrected chi connectivity index (χ2v) is 8.61. The zero-order chi connectivity index (χ0) is 22.1. The summed E-state index contributed by atoms with van der Waals surface area (Å²) in [4.78, 5) is 0. The lowest BCUT2D eigenvalue weighted by molar-refractivity contribution is -0.180. The number of aromatic nitrogens is 2. The second-order valence-electron chi connectivity index (χ2n) is 7.70. The summed E-state index contributed by atoms with van der Waals surface area (Å²) in [5.74, 6) is -0.547. The van der Waals surface area contributed by atoms with Crippen molar-refractivity contribution in [1.82, 2.24) is 9.78 Å². The number of hydrogen-bond donors (Lipinski definition) is 0. The summed E-state index contributed by atoms with van der Waals surface area (Å²) in [5, 5.41) is 4.33. The highest BCUT2D eigenvalue weighted by molar-refractivity contribution is 9.10. The van der Waals surface area contributed by atoms with Gasteiger partial charge in [-0.2, -0.15) is 18.3 Å². The molecule has 2 nitrogen and oxygen atoms in total. The van der Waals surface area contributed by atoms with Crippen LogP contribution in [-0.4, -0.2) is 16.0 Å². The van der Waals surface area contributed by atoms with Crippen LogP contribution in [0.4, 0.5) is 17.6 Å². The predicted molar refractivity (Wildman–Crippen MR) is 115 cm³/mol. The summed E-state index contributed by atoms with van der Waals surface area (Å²) in [6.07, 6.45) is -3.09. The van der Waals surface area contributed by atoms with E-state index >= 15 is 0 Å². The smallest absolute Gasteiger partial charge is 0.265 e. The van der Waals surface area contributed by atoms with Crippen molar-refractivity contribution in [2.75, 3.05) is 0 Å². The molecule has 1 aromatic heterocycles. The number of nitrogens with zero attached hydrogens (tertiary/aromatic N) is 2. The third kappa shape index (κ3) is 4.83. The molecule has 30 heavy (non-hydrogen) atoms. The molecule has 0 N–H and O–H groups in total. The lowest BCUT2D eigenvalue weighted by atomic mass is 9.83. The molecule has 0 atom stereocenters. The van der Waals surface area contributed by atoms with E-state index in [9.17, 15) is 17.6 Å². The summed E-state index contributed by atoms with van der Waals surface area (Å²) < 4.78 is 57.0. The molecule has 158 valence electrons. The van der Waals surface area contributed by atoms with Crippen LogP contribution in [0.3, 0.4) is 0 Å². The van der Waals surface area contributed by atoms with Gasteiger partial charge in [-0.15, -0.1) is 0 Å². The van der Waals surface area contributed by atoms with Crippen LogP contribution in [0.2, 0.25) is 0 Å². The van der Waals surface area contributed by atoms with Gasteiger partial charge in [-0.25, -0.2) is 4.39 Å². The Bertz CT molecular complexity index is 1060. The van der Waals surface area contributed by atoms with E-state index < -0.39 is 17.4 Å². The highest BCUT2D eigenvalue weighted by Crippen LogP contribution is 2.40. The van der Waals surface area contributed by atoms with E-state index in [-0.39, 0.29) is 11.3 Å². The van der Waals surface area contributed by atoms with E-state index in [4.69, 9.17) is 0 Å². The van der Waals surface area contributed by atoms with E-state index in [1.165, 1.54) is 30.3 Å². The van der Waals surface area contributed by atoms with Crippen LogP contribution in [0.15, 0.2) is 59.1 Å². The zero-order valence-corrected chi connectivity index (χ0v) is 18.4. The van der Waals surface area contributed by atoms with Gasteiger partial charge >= 0.3 is 6.18 Å². The molecule has 2 aromatic carbocycles. The van der Waals surface area contributed by atoms with E-state index in [0.717, 1.165) is 29.6 Å². The van der Waals surface area contributed by atoms with Gasteiger partial charge in [0.25, 0.3) is 0 Å². The van der Waals surface area contributed by atoms with Crippen LogP contribution in [0.25, 0.3) is 11.9 Å². The Morgan fingerprint density at radius 2 is 1.73 bits per heavy atom. The third-order valence-corrected chi connectivity index (χ3v) is 5.57. The van der Waals surface area contributed by atoms with Crippen LogP contribution < -0.4 is 0 Å². The Morgan fingerprint density at radius 3 is 2.33 bits per heavy atom. The molecule has 1 heterocycles. The molecule has 0 saturated carbocycles. The van der Waals surface area contributed by atoms with Crippen molar-refractivity contribution in [3.05, 3.63) is 87.1 Å². The molecule has 3 aromatic rings. The third-order valence-electron chi connectivity index (χ3n) is 5.08. The van der Waals surface area contributed by atoms with Crippen LogP contribution >= 0.6 is 15.9 Å². The monoisotopic (exact) mass is 480 g/mol. The highest BCUT2D eigenvalue weighted by atomic mass is 79.9. The largest absolute Gasteiger partial charge is 0.397 e. The van der Waals surface area contributed by atoms with Gasteiger partial charge < -0.3 is 0 Å². The van der Waals surface area contributed by atoms with Gasteiger partial charge in [0.2, 0.25) is 0 Å². The first-order valence-corrected chi connectivity index (χ1v) is 10.1. The summed E-state index contributed by atoms with van der Waals surface area (Å²) in [5.41, 5.74) is 0.623. The molecule has 0 unspecified atom stereocenters. The number of aryl methyl sites for hydroxylation is 1. The molecule has 7 heteroatoms. The van der Waals surface area contributed by atoms with Crippen molar-refractivity contribution < 1.29 is 17.6 Å². The van der Waals surface area contributed by atoms with Crippen molar-refractivity contribution in [2.24, 2.45) is 0 Å². The van der Waals surface area contributed by atoms with Gasteiger partial charge in [-0.05, 0) is 61.7 Å². The van der Waals surface area contributed by atoms with E-state index in [2.05, 4.69) is 21.0 Å². The fourth-order valence-electron chi connectivity index (χ4n) is 2.98. The lowest BCUT2D eigenvalue weighted by Crippen LogP contribution is -2.36. The maximum atomic E-state index is 14.7. The minimum Gasteiger partial charge on any atom is -0.265 e. The quantitative estimate of drug-likeness (QED) is 0.350. The van der Waals surface area contributed by atoms with Crippen molar-refractivity contribution in [3.63, 3.8) is 0 Å². The Balaban J connectivity index is 1.81. The molecule has 0 aliphatic heterocycles. The van der Waals surface area contributed by atoms with Crippen LogP contribution in [-0.2, 0) is 12.0 Å². The summed E-state index contributed by atoms with van der Waals surface area (Å²) >= 11 is 3.43. The minimum absolute atomic E-state index is 0.127. The molecular formula is C23H21BrF4N2. The van der Waals surface area contributed by atoms with Gasteiger partial charge in [-0.3, -0.25) is 4.68 Å². The maximum Gasteiger partial charge on any atom is 0.397 e. The second kappa shape index (κ2) is 8.38. The van der Waals surface area contributed by atoms with Crippen molar-refractivity contribution >= 4 is 27.8 Å². The average Bonchev–Trinajstić information content (AvgIpc) is 3.02. The van der Waals surface area contributed by atoms with Gasteiger partial charge in [-0.1, -0.05) is 52.3 Å². The van der Waals surface area contributed by atoms with Crippen LogP contribution in [0.1, 0.15) is 41.9 Å². The lowest BCUT2D eigenvalue weighted by Gasteiger charge is -2.28. The highest BCUT2D eigenvalue weighted by Gasteiger charge is 2.48. The number of halogens is 5. The zero-order valence-electron chi connectivity index (χ0n) is 16.8. The van der Waals surface area contributed by atoms with Gasteiger partial charge in [0.15, 0.2) is 5.83 Å². The summed E-state index contributed by atoms with van der Waals surface area (Å²) in [6, 6.07) is 15.1. The molecule has 0 radical (unpaired) electrons. The molecule has 0 saturated heterocycles. The van der Waals surface area contributed by atoms with Gasteiger partial charge in [0, 0.05) is 10.2 Å². The first-order chi connectivity index (χ1) is 14.0. The molecule has 0 bridgehead atoms. The SMILES string of the molecule is Cc1cc(/C(F)=C/c2ccc(C(C)(C)C(F)(F)F)cc2)nn1Cc1cccc(Br)c1. The standard InChI is InChI=1S/C23H21BrF4N2/c1-15-11-21(29-30(15)14-17-5-4-6-19(24)12-17)20(25)13-16-7-9-18(10-8-16)22(2,3)23(26,27)28/h4-13H,14H2,1-3H3/b20-13-. The molecule has 0 amide bonds. The number of rotatable bonds is 5. The summed E-state index contributed by atoms with van der Waals surface area (Å²) in [7, 11) is 0. The Morgan fingerprint density at radius 1 is 1.07 bits per heavy atom. The maximum absolute atomic E-state index is 14.7. The normalized spacial score (nSPS) is 13.0. The Kier molecular flexibility index (Phi) is 6.22. The molecular weight excluding hydrogens is 460 g/mol. The minimum atomic E-state index is -4.37. The van der Waals surface area contributed by atoms with E-state index in [1.54, 1.807) is 10.7 Å². The fourth-order valence-corrected chi connectivity index (χ4v) is 3.42. The van der Waals surface area contributed by atoms with Crippen molar-refractivity contribution in [2.45, 2.75) is 38.9 Å². The first kappa shape index (κ1) is 22.3. The molecule has 0 aliphatic carbocycles. The van der Waals surface area contributed by atoms with E-state index in [1.807, 2.05) is 31.2 Å².